The van der Waals surface area contributed by atoms with Gasteiger partial charge in [-0.1, -0.05) is 54.6 Å². The Morgan fingerprint density at radius 2 is 1.26 bits per heavy atom. The van der Waals surface area contributed by atoms with Crippen LogP contribution < -0.4 is 5.73 Å². The largest absolute Gasteiger partial charge is 0.463 e. The van der Waals surface area contributed by atoms with Gasteiger partial charge in [-0.3, -0.25) is 28.8 Å². The third kappa shape index (κ3) is 8.63. The second-order valence-electron chi connectivity index (χ2n) is 9.30. The summed E-state index contributed by atoms with van der Waals surface area (Å²) in [5, 5.41) is -1.09. The molecule has 1 unspecified atom stereocenters. The quantitative estimate of drug-likeness (QED) is 0.226. The van der Waals surface area contributed by atoms with E-state index in [1.807, 2.05) is 0 Å². The summed E-state index contributed by atoms with van der Waals surface area (Å²) in [4.78, 5) is 73.1. The van der Waals surface area contributed by atoms with E-state index < -0.39 is 71.5 Å². The minimum Gasteiger partial charge on any atom is -0.463 e. The van der Waals surface area contributed by atoms with Crippen molar-refractivity contribution < 1.29 is 52.5 Å². The van der Waals surface area contributed by atoms with Crippen LogP contribution in [-0.4, -0.2) is 72.0 Å². The van der Waals surface area contributed by atoms with Crippen LogP contribution in [0.4, 0.5) is 0 Å². The first kappa shape index (κ1) is 32.3. The van der Waals surface area contributed by atoms with Crippen LogP contribution in [0.2, 0.25) is 0 Å². The van der Waals surface area contributed by atoms with Gasteiger partial charge in [0.05, 0.1) is 0 Å². The molecule has 1 fully saturated rings. The molecule has 0 radical (unpaired) electrons. The monoisotopic (exact) mass is 601 g/mol. The number of ketones is 1. The molecule has 1 heterocycles. The highest BCUT2D eigenvalue weighted by Crippen LogP contribution is 2.41. The first-order valence-electron chi connectivity index (χ1n) is 12.8. The van der Waals surface area contributed by atoms with E-state index in [1.165, 1.54) is 0 Å². The van der Waals surface area contributed by atoms with Crippen LogP contribution in [-0.2, 0) is 47.7 Å². The van der Waals surface area contributed by atoms with E-state index in [-0.39, 0.29) is 5.78 Å². The molecule has 12 nitrogen and oxygen atoms in total. The molecule has 6 atom stereocenters. The number of primary amides is 1. The van der Waals surface area contributed by atoms with E-state index in [0.717, 1.165) is 39.5 Å². The van der Waals surface area contributed by atoms with Crippen LogP contribution in [0.5, 0.6) is 0 Å². The number of esters is 4. The van der Waals surface area contributed by atoms with Gasteiger partial charge in [0, 0.05) is 38.8 Å². The Kier molecular flexibility index (Phi) is 11.2. The van der Waals surface area contributed by atoms with Gasteiger partial charge in [0.25, 0.3) is 0 Å². The molecule has 1 aliphatic heterocycles. The molecule has 1 amide bonds. The molecule has 2 aromatic carbocycles. The zero-order valence-electron chi connectivity index (χ0n) is 23.3. The molecular weight excluding hydrogens is 570 g/mol. The van der Waals surface area contributed by atoms with E-state index in [1.54, 1.807) is 54.6 Å². The molecule has 2 N–H and O–H groups in total. The topological polar surface area (TPSA) is 175 Å². The van der Waals surface area contributed by atoms with Gasteiger partial charge in [-0.2, -0.15) is 0 Å². The first-order valence-corrected chi connectivity index (χ1v) is 13.8. The predicted molar refractivity (Wildman–Crippen MR) is 148 cm³/mol. The van der Waals surface area contributed by atoms with Crippen molar-refractivity contribution >= 4 is 47.3 Å². The lowest BCUT2D eigenvalue weighted by molar-refractivity contribution is -0.237. The third-order valence-corrected chi connectivity index (χ3v) is 7.41. The molecule has 1 saturated heterocycles. The van der Waals surface area contributed by atoms with Crippen molar-refractivity contribution in [3.8, 4) is 0 Å². The highest BCUT2D eigenvalue weighted by atomic mass is 32.2. The van der Waals surface area contributed by atoms with Gasteiger partial charge in [-0.25, -0.2) is 0 Å². The lowest BCUT2D eigenvalue weighted by atomic mass is 9.99. The summed E-state index contributed by atoms with van der Waals surface area (Å²) in [6, 6.07) is 14.9. The molecule has 0 aliphatic carbocycles. The van der Waals surface area contributed by atoms with Gasteiger partial charge in [0.1, 0.15) is 23.4 Å². The number of hydrogen-bond donors (Lipinski definition) is 1. The van der Waals surface area contributed by atoms with Crippen molar-refractivity contribution in [2.24, 2.45) is 5.73 Å². The Morgan fingerprint density at radius 3 is 1.79 bits per heavy atom. The highest BCUT2D eigenvalue weighted by molar-refractivity contribution is 8.00. The second-order valence-corrected chi connectivity index (χ2v) is 10.5. The van der Waals surface area contributed by atoms with Crippen LogP contribution in [0.15, 0.2) is 54.6 Å². The maximum absolute atomic E-state index is 12.8. The van der Waals surface area contributed by atoms with E-state index in [4.69, 9.17) is 29.4 Å². The molecule has 1 aliphatic rings. The van der Waals surface area contributed by atoms with E-state index in [0.29, 0.717) is 16.7 Å². The number of ether oxygens (including phenoxy) is 5. The van der Waals surface area contributed by atoms with Crippen molar-refractivity contribution in [1.29, 1.82) is 0 Å². The fourth-order valence-corrected chi connectivity index (χ4v) is 5.60. The molecule has 224 valence electrons. The van der Waals surface area contributed by atoms with Crippen LogP contribution in [0.1, 0.15) is 54.4 Å². The Labute approximate surface area is 246 Å². The Hall–Kier alpha value is -4.23. The minimum absolute atomic E-state index is 0.218. The minimum atomic E-state index is -1.39. The summed E-state index contributed by atoms with van der Waals surface area (Å²) in [5.41, 5.74) is 5.81. The SMILES string of the molecule is CC(=O)OC[C@H]1O[C@H](SC(C(N)=O)c2ccc(C(=O)c3ccccc3)cc2)[C@H](OC(C)=O)[C@@H](OC(C)=O)[C@@H]1OC(C)=O. The lowest BCUT2D eigenvalue weighted by Crippen LogP contribution is -2.61. The normalized spacial score (nSPS) is 22.2. The fraction of sp³-hybridized carbons (Fsp3) is 0.379. The molecule has 3 rings (SSSR count). The number of carbonyl (C=O) groups is 6. The van der Waals surface area contributed by atoms with E-state index >= 15 is 0 Å². The Balaban J connectivity index is 1.97. The summed E-state index contributed by atoms with van der Waals surface area (Å²) in [6.45, 7) is 4.10. The summed E-state index contributed by atoms with van der Waals surface area (Å²) in [7, 11) is 0. The zero-order chi connectivity index (χ0) is 31.0. The average molecular weight is 602 g/mol. The molecule has 2 aromatic rings. The molecule has 0 aromatic heterocycles. The lowest BCUT2D eigenvalue weighted by Gasteiger charge is -2.44. The molecule has 0 spiro atoms. The third-order valence-electron chi connectivity index (χ3n) is 5.99. The Bertz CT molecular complexity index is 1310. The first-order chi connectivity index (χ1) is 19.9. The predicted octanol–water partition coefficient (Wildman–Crippen LogP) is 2.26. The smallest absolute Gasteiger partial charge is 0.303 e. The van der Waals surface area contributed by atoms with Crippen LogP contribution >= 0.6 is 11.8 Å². The van der Waals surface area contributed by atoms with Crippen molar-refractivity contribution in [2.45, 2.75) is 62.8 Å². The van der Waals surface area contributed by atoms with E-state index in [2.05, 4.69) is 0 Å². The Morgan fingerprint density at radius 1 is 0.738 bits per heavy atom. The summed E-state index contributed by atoms with van der Waals surface area (Å²) in [5.74, 6) is -3.97. The summed E-state index contributed by atoms with van der Waals surface area (Å²) in [6.07, 6.45) is -5.26. The van der Waals surface area contributed by atoms with Gasteiger partial charge < -0.3 is 29.4 Å². The summed E-state index contributed by atoms with van der Waals surface area (Å²) < 4.78 is 27.4. The number of hydrogen-bond acceptors (Lipinski definition) is 12. The molecule has 0 saturated carbocycles. The molecule has 42 heavy (non-hydrogen) atoms. The number of thioether (sulfide) groups is 1. The number of carbonyl (C=O) groups excluding carboxylic acids is 6. The fourth-order valence-electron chi connectivity index (χ4n) is 4.31. The number of nitrogens with two attached hydrogens (primary N) is 1. The average Bonchev–Trinajstić information content (AvgIpc) is 2.92. The maximum Gasteiger partial charge on any atom is 0.303 e. The summed E-state index contributed by atoms with van der Waals surface area (Å²) >= 11 is 0.846. The molecular formula is C29H31NO11S. The van der Waals surface area contributed by atoms with Crippen LogP contribution in [0.3, 0.4) is 0 Å². The van der Waals surface area contributed by atoms with Crippen molar-refractivity contribution in [1.82, 2.24) is 0 Å². The van der Waals surface area contributed by atoms with Crippen LogP contribution in [0.25, 0.3) is 0 Å². The highest BCUT2D eigenvalue weighted by Gasteiger charge is 2.53. The van der Waals surface area contributed by atoms with E-state index in [9.17, 15) is 28.8 Å². The van der Waals surface area contributed by atoms with Crippen molar-refractivity contribution in [2.75, 3.05) is 6.61 Å². The number of rotatable bonds is 11. The number of amides is 1. The van der Waals surface area contributed by atoms with Gasteiger partial charge in [-0.05, 0) is 5.56 Å². The second kappa shape index (κ2) is 14.6. The van der Waals surface area contributed by atoms with Gasteiger partial charge in [0.15, 0.2) is 24.1 Å². The van der Waals surface area contributed by atoms with Crippen LogP contribution in [0, 0.1) is 0 Å². The zero-order valence-corrected chi connectivity index (χ0v) is 24.2. The maximum atomic E-state index is 12.8. The van der Waals surface area contributed by atoms with Crippen molar-refractivity contribution in [3.63, 3.8) is 0 Å². The van der Waals surface area contributed by atoms with Crippen molar-refractivity contribution in [3.05, 3.63) is 71.3 Å². The molecule has 0 bridgehead atoms. The standard InChI is InChI=1S/C29H31NO11S/c1-15(31)37-14-22-24(38-16(2)32)25(39-17(3)33)26(40-18(4)34)29(41-22)42-27(28(30)36)21-12-10-20(11-13-21)23(35)19-8-6-5-7-9-19/h5-13,22,24-27,29H,14H2,1-4H3,(H2,30,36)/t22-,24-,25+,26-,27?,29-/m1/s1. The van der Waals surface area contributed by atoms with Gasteiger partial charge in [0.2, 0.25) is 5.91 Å². The number of benzene rings is 2. The van der Waals surface area contributed by atoms with Gasteiger partial charge in [-0.15, -0.1) is 11.8 Å². The molecule has 13 heteroatoms. The van der Waals surface area contributed by atoms with Gasteiger partial charge >= 0.3 is 23.9 Å².